The second-order valence-corrected chi connectivity index (χ2v) is 5.63. The van der Waals surface area contributed by atoms with E-state index >= 15 is 0 Å². The van der Waals surface area contributed by atoms with Gasteiger partial charge in [0.05, 0.1) is 5.54 Å². The Bertz CT molecular complexity index is 360. The van der Waals surface area contributed by atoms with Crippen molar-refractivity contribution < 1.29 is 14.3 Å². The van der Waals surface area contributed by atoms with Crippen LogP contribution in [0.15, 0.2) is 0 Å². The number of nitrogens with one attached hydrogen (secondary N) is 2. The van der Waals surface area contributed by atoms with E-state index in [1.54, 1.807) is 0 Å². The van der Waals surface area contributed by atoms with E-state index in [0.717, 1.165) is 19.4 Å². The van der Waals surface area contributed by atoms with Gasteiger partial charge in [-0.25, -0.2) is 4.79 Å². The SMILES string of the molecule is O=C1NCC2(CN(C(=O)CC3CCCOC3)C2)N1. The molecule has 1 unspecified atom stereocenters. The summed E-state index contributed by atoms with van der Waals surface area (Å²) in [5.74, 6) is 0.566. The summed E-state index contributed by atoms with van der Waals surface area (Å²) in [6.07, 6.45) is 2.72. The van der Waals surface area contributed by atoms with Gasteiger partial charge in [-0.15, -0.1) is 0 Å². The van der Waals surface area contributed by atoms with E-state index in [1.807, 2.05) is 4.90 Å². The van der Waals surface area contributed by atoms with Crippen molar-refractivity contribution in [3.05, 3.63) is 0 Å². The molecule has 3 amide bonds. The van der Waals surface area contributed by atoms with Gasteiger partial charge in [0.25, 0.3) is 0 Å². The van der Waals surface area contributed by atoms with E-state index in [2.05, 4.69) is 10.6 Å². The van der Waals surface area contributed by atoms with E-state index in [-0.39, 0.29) is 17.5 Å². The van der Waals surface area contributed by atoms with Crippen molar-refractivity contribution >= 4 is 11.9 Å². The van der Waals surface area contributed by atoms with E-state index in [4.69, 9.17) is 4.74 Å². The molecule has 2 N–H and O–H groups in total. The number of carbonyl (C=O) groups is 2. The van der Waals surface area contributed by atoms with Crippen molar-refractivity contribution in [2.75, 3.05) is 32.8 Å². The number of carbonyl (C=O) groups excluding carboxylic acids is 2. The quantitative estimate of drug-likeness (QED) is 0.709. The number of amides is 3. The maximum atomic E-state index is 12.1. The highest BCUT2D eigenvalue weighted by molar-refractivity contribution is 5.81. The van der Waals surface area contributed by atoms with Crippen LogP contribution in [-0.4, -0.2) is 55.2 Å². The summed E-state index contributed by atoms with van der Waals surface area (Å²) < 4.78 is 5.38. The van der Waals surface area contributed by atoms with Crippen LogP contribution < -0.4 is 10.6 Å². The van der Waals surface area contributed by atoms with Gasteiger partial charge in [-0.3, -0.25) is 4.79 Å². The van der Waals surface area contributed by atoms with Gasteiger partial charge in [0, 0.05) is 39.3 Å². The first kappa shape index (κ1) is 11.8. The zero-order valence-corrected chi connectivity index (χ0v) is 10.4. The molecule has 3 aliphatic rings. The van der Waals surface area contributed by atoms with Crippen LogP contribution in [0.4, 0.5) is 4.79 Å². The highest BCUT2D eigenvalue weighted by atomic mass is 16.5. The van der Waals surface area contributed by atoms with Gasteiger partial charge in [0.15, 0.2) is 0 Å². The second-order valence-electron chi connectivity index (χ2n) is 5.63. The summed E-state index contributed by atoms with van der Waals surface area (Å²) in [6, 6.07) is -0.122. The van der Waals surface area contributed by atoms with Crippen LogP contribution >= 0.6 is 0 Å². The van der Waals surface area contributed by atoms with Crippen LogP contribution in [0.3, 0.4) is 0 Å². The third-order valence-electron chi connectivity index (χ3n) is 4.02. The third-order valence-corrected chi connectivity index (χ3v) is 4.02. The maximum absolute atomic E-state index is 12.1. The predicted molar refractivity (Wildman–Crippen MR) is 64.0 cm³/mol. The number of hydrogen-bond acceptors (Lipinski definition) is 3. The van der Waals surface area contributed by atoms with Crippen LogP contribution in [0, 0.1) is 5.92 Å². The van der Waals surface area contributed by atoms with Gasteiger partial charge in [-0.2, -0.15) is 0 Å². The van der Waals surface area contributed by atoms with E-state index in [9.17, 15) is 9.59 Å². The van der Waals surface area contributed by atoms with Crippen LogP contribution in [0.2, 0.25) is 0 Å². The molecule has 3 aliphatic heterocycles. The van der Waals surface area contributed by atoms with Crippen molar-refractivity contribution in [2.45, 2.75) is 24.8 Å². The molecule has 3 saturated heterocycles. The first-order chi connectivity index (χ1) is 8.67. The minimum Gasteiger partial charge on any atom is -0.381 e. The molecule has 0 aromatic rings. The Morgan fingerprint density at radius 1 is 1.50 bits per heavy atom. The van der Waals surface area contributed by atoms with Gasteiger partial charge in [0.2, 0.25) is 5.91 Å². The van der Waals surface area contributed by atoms with E-state index < -0.39 is 0 Å². The largest absolute Gasteiger partial charge is 0.381 e. The van der Waals surface area contributed by atoms with Gasteiger partial charge < -0.3 is 20.3 Å². The third kappa shape index (κ3) is 2.16. The summed E-state index contributed by atoms with van der Waals surface area (Å²) >= 11 is 0. The zero-order valence-electron chi connectivity index (χ0n) is 10.4. The number of rotatable bonds is 2. The lowest BCUT2D eigenvalue weighted by atomic mass is 9.89. The molecule has 100 valence electrons. The normalized spacial score (nSPS) is 29.7. The van der Waals surface area contributed by atoms with Gasteiger partial charge in [-0.1, -0.05) is 0 Å². The lowest BCUT2D eigenvalue weighted by Crippen LogP contribution is -2.70. The van der Waals surface area contributed by atoms with Crippen molar-refractivity contribution in [3.8, 4) is 0 Å². The predicted octanol–water partition coefficient (Wildman–Crippen LogP) is -0.303. The Morgan fingerprint density at radius 2 is 2.33 bits per heavy atom. The molecule has 0 bridgehead atoms. The topological polar surface area (TPSA) is 70.7 Å². The zero-order chi connectivity index (χ0) is 12.6. The molecule has 3 rings (SSSR count). The van der Waals surface area contributed by atoms with Crippen LogP contribution in [-0.2, 0) is 9.53 Å². The fourth-order valence-corrected chi connectivity index (χ4v) is 2.97. The van der Waals surface area contributed by atoms with Crippen LogP contribution in [0.5, 0.6) is 0 Å². The molecule has 18 heavy (non-hydrogen) atoms. The molecule has 0 saturated carbocycles. The van der Waals surface area contributed by atoms with Crippen molar-refractivity contribution in [3.63, 3.8) is 0 Å². The smallest absolute Gasteiger partial charge is 0.315 e. The molecule has 0 aromatic carbocycles. The molecular formula is C12H19N3O3. The molecule has 6 nitrogen and oxygen atoms in total. The van der Waals surface area contributed by atoms with Crippen LogP contribution in [0.1, 0.15) is 19.3 Å². The molecule has 1 atom stereocenters. The monoisotopic (exact) mass is 253 g/mol. The number of urea groups is 1. The van der Waals surface area contributed by atoms with E-state index in [1.165, 1.54) is 0 Å². The maximum Gasteiger partial charge on any atom is 0.315 e. The Kier molecular flexibility index (Phi) is 2.89. The van der Waals surface area contributed by atoms with Gasteiger partial charge >= 0.3 is 6.03 Å². The molecule has 1 spiro atoms. The molecule has 0 aromatic heterocycles. The van der Waals surface area contributed by atoms with Crippen LogP contribution in [0.25, 0.3) is 0 Å². The molecule has 0 radical (unpaired) electrons. The Balaban J connectivity index is 1.46. The average molecular weight is 253 g/mol. The fourth-order valence-electron chi connectivity index (χ4n) is 2.97. The molecular weight excluding hydrogens is 234 g/mol. The Morgan fingerprint density at radius 3 is 2.94 bits per heavy atom. The van der Waals surface area contributed by atoms with Gasteiger partial charge in [0.1, 0.15) is 0 Å². The highest BCUT2D eigenvalue weighted by Crippen LogP contribution is 2.26. The number of likely N-dealkylation sites (tertiary alicyclic amines) is 1. The summed E-state index contributed by atoms with van der Waals surface area (Å²) in [7, 11) is 0. The van der Waals surface area contributed by atoms with Crippen molar-refractivity contribution in [1.29, 1.82) is 0 Å². The summed E-state index contributed by atoms with van der Waals surface area (Å²) in [4.78, 5) is 25.0. The molecule has 0 aliphatic carbocycles. The Hall–Kier alpha value is -1.30. The lowest BCUT2D eigenvalue weighted by Gasteiger charge is -2.47. The molecule has 6 heteroatoms. The summed E-state index contributed by atoms with van der Waals surface area (Å²) in [5.41, 5.74) is -0.199. The minimum atomic E-state index is -0.199. The number of hydrogen-bond donors (Lipinski definition) is 2. The second kappa shape index (κ2) is 4.42. The highest BCUT2D eigenvalue weighted by Gasteiger charge is 2.49. The van der Waals surface area contributed by atoms with Crippen molar-refractivity contribution in [2.24, 2.45) is 5.92 Å². The molecule has 3 heterocycles. The summed E-state index contributed by atoms with van der Waals surface area (Å²) in [6.45, 7) is 3.44. The Labute approximate surface area is 106 Å². The number of ether oxygens (including phenoxy) is 1. The fraction of sp³-hybridized carbons (Fsp3) is 0.833. The minimum absolute atomic E-state index is 0.122. The first-order valence-corrected chi connectivity index (χ1v) is 6.58. The first-order valence-electron chi connectivity index (χ1n) is 6.58. The van der Waals surface area contributed by atoms with E-state index in [0.29, 0.717) is 38.6 Å². The standard InChI is InChI=1S/C12H19N3O3/c16-10(4-9-2-1-3-18-5-9)15-7-12(8-15)6-13-11(17)14-12/h9H,1-8H2,(H2,13,14,17). The lowest BCUT2D eigenvalue weighted by molar-refractivity contribution is -0.140. The molecule has 3 fully saturated rings. The summed E-state index contributed by atoms with van der Waals surface area (Å²) in [5, 5.41) is 5.63. The average Bonchev–Trinajstić information content (AvgIpc) is 2.71. The number of nitrogens with zero attached hydrogens (tertiary/aromatic N) is 1. The van der Waals surface area contributed by atoms with Gasteiger partial charge in [-0.05, 0) is 18.8 Å². The van der Waals surface area contributed by atoms with Crippen molar-refractivity contribution in [1.82, 2.24) is 15.5 Å².